The molecule has 0 saturated carbocycles. The summed E-state index contributed by atoms with van der Waals surface area (Å²) in [6.45, 7) is 6.97. The molecular formula is C31H34N6O4. The number of carbonyl (C=O) groups excluding carboxylic acids is 2. The van der Waals surface area contributed by atoms with E-state index in [1.54, 1.807) is 65.7 Å². The van der Waals surface area contributed by atoms with E-state index in [1.807, 2.05) is 0 Å². The first-order chi connectivity index (χ1) is 19.7. The number of amides is 3. The van der Waals surface area contributed by atoms with Crippen LogP contribution in [0, 0.1) is 13.8 Å². The van der Waals surface area contributed by atoms with Crippen molar-refractivity contribution in [1.82, 2.24) is 9.88 Å². The molecule has 3 amide bonds. The van der Waals surface area contributed by atoms with Crippen molar-refractivity contribution in [3.05, 3.63) is 95.7 Å². The van der Waals surface area contributed by atoms with Gasteiger partial charge in [0.05, 0.1) is 0 Å². The minimum absolute atomic E-state index is 0.314. The van der Waals surface area contributed by atoms with E-state index in [0.717, 1.165) is 18.5 Å². The number of carbonyl (C=O) groups is 3. The maximum Gasteiger partial charge on any atom is 0.323 e. The number of aliphatic carboxylic acids is 1. The van der Waals surface area contributed by atoms with Gasteiger partial charge in [-0.1, -0.05) is 36.4 Å². The monoisotopic (exact) mass is 554 g/mol. The maximum atomic E-state index is 12.8. The number of carboxylic acids is 1. The van der Waals surface area contributed by atoms with E-state index in [9.17, 15) is 14.4 Å². The lowest BCUT2D eigenvalue weighted by atomic mass is 10.1. The van der Waals surface area contributed by atoms with Crippen LogP contribution >= 0.6 is 0 Å². The van der Waals surface area contributed by atoms with Gasteiger partial charge in [-0.2, -0.15) is 0 Å². The molecule has 1 aliphatic rings. The van der Waals surface area contributed by atoms with Crippen LogP contribution < -0.4 is 21.3 Å². The van der Waals surface area contributed by atoms with Crippen molar-refractivity contribution in [3.8, 4) is 0 Å². The number of pyridine rings is 1. The van der Waals surface area contributed by atoms with Crippen molar-refractivity contribution in [2.75, 3.05) is 48.3 Å². The number of rotatable bonds is 5. The first-order valence-electron chi connectivity index (χ1n) is 13.2. The van der Waals surface area contributed by atoms with Gasteiger partial charge in [-0.25, -0.2) is 9.78 Å². The molecule has 1 fully saturated rings. The number of nitrogens with two attached hydrogens (primary N) is 2. The molecule has 0 aliphatic carbocycles. The molecule has 5 N–H and O–H groups in total. The van der Waals surface area contributed by atoms with Crippen molar-refractivity contribution in [2.24, 2.45) is 5.73 Å². The van der Waals surface area contributed by atoms with Crippen LogP contribution in [0.2, 0.25) is 0 Å². The van der Waals surface area contributed by atoms with E-state index in [-0.39, 0.29) is 6.03 Å². The van der Waals surface area contributed by atoms with Crippen molar-refractivity contribution >= 4 is 45.9 Å². The average Bonchev–Trinajstić information content (AvgIpc) is 2.98. The molecule has 0 bridgehead atoms. The molecule has 0 spiro atoms. The van der Waals surface area contributed by atoms with Crippen molar-refractivity contribution in [2.45, 2.75) is 13.8 Å². The molecule has 1 aromatic heterocycles. The summed E-state index contributed by atoms with van der Waals surface area (Å²) >= 11 is 0. The minimum atomic E-state index is -1.09. The Balaban J connectivity index is 0.000000201. The second kappa shape index (κ2) is 12.8. The lowest BCUT2D eigenvalue weighted by molar-refractivity contribution is -0.135. The molecule has 10 nitrogen and oxygen atoms in total. The van der Waals surface area contributed by atoms with Gasteiger partial charge in [0.25, 0.3) is 5.91 Å². The normalized spacial score (nSPS) is 12.8. The largest absolute Gasteiger partial charge is 0.480 e. The summed E-state index contributed by atoms with van der Waals surface area (Å²) in [4.78, 5) is 44.3. The number of aromatic nitrogens is 1. The standard InChI is InChI=1S/C18H15N3O3.C13H19N3O/c19-17-15-10-13(7-6-12(15)8-9-20-17)18(24)21(11-16(22)23)14-4-2-1-3-5-14;1-10-4-3-5-12(11(10)2)15-6-8-16(9-7-15)13(14)17/h1-10H,11H2,(H2,19,20)(H,22,23);3-5H,6-9H2,1-2H3,(H2,14,17). The zero-order valence-corrected chi connectivity index (χ0v) is 23.2. The highest BCUT2D eigenvalue weighted by Crippen LogP contribution is 2.24. The van der Waals surface area contributed by atoms with Gasteiger partial charge >= 0.3 is 12.0 Å². The van der Waals surface area contributed by atoms with Gasteiger partial charge in [0.1, 0.15) is 12.4 Å². The number of nitrogen functional groups attached to an aromatic ring is 1. The number of nitrogens with zero attached hydrogens (tertiary/aromatic N) is 4. The molecule has 10 heteroatoms. The van der Waals surface area contributed by atoms with Gasteiger partial charge in [0, 0.05) is 54.7 Å². The average molecular weight is 555 g/mol. The second-order valence-electron chi connectivity index (χ2n) is 9.78. The Morgan fingerprint density at radius 3 is 2.29 bits per heavy atom. The molecule has 0 radical (unpaired) electrons. The SMILES string of the molecule is Cc1cccc(N2CCN(C(N)=O)CC2)c1C.Nc1nccc2ccc(C(=O)N(CC(=O)O)c3ccccc3)cc12. The summed E-state index contributed by atoms with van der Waals surface area (Å²) in [6, 6.07) is 21.6. The van der Waals surface area contributed by atoms with Gasteiger partial charge < -0.3 is 26.4 Å². The van der Waals surface area contributed by atoms with Crippen LogP contribution in [0.1, 0.15) is 21.5 Å². The number of hydrogen-bond acceptors (Lipinski definition) is 6. The van der Waals surface area contributed by atoms with Crippen LogP contribution in [0.15, 0.2) is 79.0 Å². The molecule has 1 aliphatic heterocycles. The Labute approximate surface area is 238 Å². The maximum absolute atomic E-state index is 12.8. The van der Waals surface area contributed by atoms with E-state index < -0.39 is 18.4 Å². The minimum Gasteiger partial charge on any atom is -0.480 e. The Kier molecular flexibility index (Phi) is 9.03. The van der Waals surface area contributed by atoms with E-state index >= 15 is 0 Å². The highest BCUT2D eigenvalue weighted by atomic mass is 16.4. The Hall–Kier alpha value is -5.12. The molecule has 4 aromatic rings. The van der Waals surface area contributed by atoms with Gasteiger partial charge in [-0.15, -0.1) is 0 Å². The summed E-state index contributed by atoms with van der Waals surface area (Å²) < 4.78 is 0. The van der Waals surface area contributed by atoms with E-state index in [4.69, 9.17) is 16.6 Å². The first kappa shape index (κ1) is 28.9. The number of benzene rings is 3. The highest BCUT2D eigenvalue weighted by molar-refractivity contribution is 6.10. The predicted octanol–water partition coefficient (Wildman–Crippen LogP) is 4.05. The number of urea groups is 1. The fourth-order valence-corrected chi connectivity index (χ4v) is 4.75. The third-order valence-corrected chi connectivity index (χ3v) is 7.16. The molecule has 212 valence electrons. The molecule has 0 unspecified atom stereocenters. The number of aryl methyl sites for hydroxylation is 1. The quantitative estimate of drug-likeness (QED) is 0.337. The van der Waals surface area contributed by atoms with Crippen molar-refractivity contribution < 1.29 is 19.5 Å². The van der Waals surface area contributed by atoms with Crippen LogP contribution in [0.5, 0.6) is 0 Å². The molecule has 41 heavy (non-hydrogen) atoms. The first-order valence-corrected chi connectivity index (χ1v) is 13.2. The van der Waals surface area contributed by atoms with Crippen molar-refractivity contribution in [3.63, 3.8) is 0 Å². The number of primary amides is 1. The molecule has 3 aromatic carbocycles. The fourth-order valence-electron chi connectivity index (χ4n) is 4.75. The number of carboxylic acid groups (broad SMARTS) is 1. The van der Waals surface area contributed by atoms with Crippen LogP contribution in [0.3, 0.4) is 0 Å². The fraction of sp³-hybridized carbons (Fsp3) is 0.226. The topological polar surface area (TPSA) is 146 Å². The van der Waals surface area contributed by atoms with Crippen LogP contribution in [-0.2, 0) is 4.79 Å². The molecular weight excluding hydrogens is 520 g/mol. The Bertz CT molecular complexity index is 1550. The zero-order valence-electron chi connectivity index (χ0n) is 23.2. The number of piperazine rings is 1. The van der Waals surface area contributed by atoms with Gasteiger partial charge in [0.2, 0.25) is 0 Å². The van der Waals surface area contributed by atoms with Crippen LogP contribution in [0.25, 0.3) is 10.8 Å². The van der Waals surface area contributed by atoms with Gasteiger partial charge in [-0.3, -0.25) is 14.5 Å². The third-order valence-electron chi connectivity index (χ3n) is 7.16. The summed E-state index contributed by atoms with van der Waals surface area (Å²) in [6.07, 6.45) is 1.60. The van der Waals surface area contributed by atoms with E-state index in [1.165, 1.54) is 21.7 Å². The third kappa shape index (κ3) is 6.91. The van der Waals surface area contributed by atoms with Gasteiger partial charge in [-0.05, 0) is 66.8 Å². The molecule has 1 saturated heterocycles. The number of hydrogen-bond donors (Lipinski definition) is 3. The van der Waals surface area contributed by atoms with Gasteiger partial charge in [0.15, 0.2) is 0 Å². The summed E-state index contributed by atoms with van der Waals surface area (Å²) in [5.41, 5.74) is 15.9. The molecule has 5 rings (SSSR count). The summed E-state index contributed by atoms with van der Waals surface area (Å²) in [7, 11) is 0. The predicted molar refractivity (Wildman–Crippen MR) is 161 cm³/mol. The van der Waals surface area contributed by atoms with Crippen molar-refractivity contribution in [1.29, 1.82) is 0 Å². The smallest absolute Gasteiger partial charge is 0.323 e. The summed E-state index contributed by atoms with van der Waals surface area (Å²) in [5, 5.41) is 10.7. The van der Waals surface area contributed by atoms with Crippen LogP contribution in [0.4, 0.5) is 22.0 Å². The zero-order chi connectivity index (χ0) is 29.5. The number of para-hydroxylation sites is 1. The highest BCUT2D eigenvalue weighted by Gasteiger charge is 2.22. The Morgan fingerprint density at radius 2 is 1.63 bits per heavy atom. The second-order valence-corrected chi connectivity index (χ2v) is 9.78. The number of anilines is 3. The van der Waals surface area contributed by atoms with E-state index in [2.05, 4.69) is 41.9 Å². The lowest BCUT2D eigenvalue weighted by Crippen LogP contribution is -2.50. The molecule has 2 heterocycles. The summed E-state index contributed by atoms with van der Waals surface area (Å²) in [5.74, 6) is -1.17. The molecule has 0 atom stereocenters. The van der Waals surface area contributed by atoms with E-state index in [0.29, 0.717) is 35.5 Å². The number of fused-ring (bicyclic) bond motifs is 1. The van der Waals surface area contributed by atoms with Crippen LogP contribution in [-0.4, -0.2) is 65.6 Å². The lowest BCUT2D eigenvalue weighted by Gasteiger charge is -2.36. The Morgan fingerprint density at radius 1 is 0.927 bits per heavy atom.